The van der Waals surface area contributed by atoms with Crippen molar-refractivity contribution in [2.24, 2.45) is 0 Å². The molecule has 0 fully saturated rings. The summed E-state index contributed by atoms with van der Waals surface area (Å²) in [6, 6.07) is 7.31. The Balaban J connectivity index is 2.21. The number of imidazole rings is 1. The number of hydrogen-bond donors (Lipinski definition) is 2. The van der Waals surface area contributed by atoms with Crippen LogP contribution >= 0.6 is 0 Å². The number of carboxylic acid groups (broad SMARTS) is 1. The van der Waals surface area contributed by atoms with Crippen LogP contribution in [-0.2, 0) is 11.2 Å². The Morgan fingerprint density at radius 2 is 2.07 bits per heavy atom. The van der Waals surface area contributed by atoms with Gasteiger partial charge in [-0.3, -0.25) is 4.79 Å². The zero-order valence-corrected chi connectivity index (χ0v) is 7.97. The average Bonchev–Trinajstić information content (AvgIpc) is 2.71. The minimum absolute atomic E-state index is 0.0540. The first-order valence-electron chi connectivity index (χ1n) is 4.56. The van der Waals surface area contributed by atoms with E-state index < -0.39 is 5.97 Å². The molecule has 0 bridgehead atoms. The Morgan fingerprint density at radius 1 is 1.33 bits per heavy atom. The van der Waals surface area contributed by atoms with Crippen molar-refractivity contribution in [3.05, 3.63) is 42.2 Å². The van der Waals surface area contributed by atoms with E-state index in [1.165, 1.54) is 0 Å². The fourth-order valence-electron chi connectivity index (χ4n) is 1.38. The van der Waals surface area contributed by atoms with Crippen molar-refractivity contribution in [2.45, 2.75) is 6.42 Å². The lowest BCUT2D eigenvalue weighted by Gasteiger charge is -1.99. The van der Waals surface area contributed by atoms with Gasteiger partial charge in [-0.05, 0) is 5.56 Å². The monoisotopic (exact) mass is 202 g/mol. The van der Waals surface area contributed by atoms with E-state index in [0.29, 0.717) is 0 Å². The number of nitrogens with one attached hydrogen (secondary N) is 1. The molecule has 0 saturated heterocycles. The Kier molecular flexibility index (Phi) is 2.49. The third-order valence-electron chi connectivity index (χ3n) is 2.08. The van der Waals surface area contributed by atoms with E-state index in [1.807, 2.05) is 12.1 Å². The number of benzene rings is 1. The smallest absolute Gasteiger partial charge is 0.307 e. The number of H-pyrrole nitrogens is 1. The molecule has 0 radical (unpaired) electrons. The van der Waals surface area contributed by atoms with Gasteiger partial charge in [0, 0.05) is 18.0 Å². The summed E-state index contributed by atoms with van der Waals surface area (Å²) in [6.07, 6.45) is 3.49. The Morgan fingerprint density at radius 3 is 2.60 bits per heavy atom. The number of aliphatic carboxylic acids is 1. The van der Waals surface area contributed by atoms with Crippen LogP contribution in [0.3, 0.4) is 0 Å². The van der Waals surface area contributed by atoms with Crippen LogP contribution in [0, 0.1) is 0 Å². The lowest BCUT2D eigenvalue weighted by atomic mass is 10.1. The second kappa shape index (κ2) is 3.96. The third kappa shape index (κ3) is 2.22. The summed E-state index contributed by atoms with van der Waals surface area (Å²) in [5, 5.41) is 8.60. The molecule has 4 nitrogen and oxygen atoms in total. The van der Waals surface area contributed by atoms with Crippen LogP contribution in [0.1, 0.15) is 5.56 Å². The van der Waals surface area contributed by atoms with Crippen molar-refractivity contribution in [2.75, 3.05) is 0 Å². The Labute approximate surface area is 86.6 Å². The molecule has 0 unspecified atom stereocenters. The topological polar surface area (TPSA) is 66.0 Å². The Bertz CT molecular complexity index is 446. The molecule has 2 rings (SSSR count). The van der Waals surface area contributed by atoms with Gasteiger partial charge in [-0.2, -0.15) is 0 Å². The third-order valence-corrected chi connectivity index (χ3v) is 2.08. The highest BCUT2D eigenvalue weighted by Crippen LogP contribution is 2.15. The van der Waals surface area contributed by atoms with Gasteiger partial charge in [-0.15, -0.1) is 0 Å². The molecule has 76 valence electrons. The van der Waals surface area contributed by atoms with Crippen molar-refractivity contribution in [1.82, 2.24) is 9.97 Å². The molecule has 2 aromatic rings. The SMILES string of the molecule is O=C(O)Cc1ccc(-c2ncc[nH]2)cc1. The first-order chi connectivity index (χ1) is 7.25. The van der Waals surface area contributed by atoms with E-state index in [1.54, 1.807) is 24.5 Å². The summed E-state index contributed by atoms with van der Waals surface area (Å²) in [4.78, 5) is 17.6. The molecule has 0 spiro atoms. The van der Waals surface area contributed by atoms with Gasteiger partial charge in [0.1, 0.15) is 5.82 Å². The zero-order valence-electron chi connectivity index (χ0n) is 7.97. The first-order valence-corrected chi connectivity index (χ1v) is 4.56. The van der Waals surface area contributed by atoms with Gasteiger partial charge in [0.2, 0.25) is 0 Å². The number of aromatic nitrogens is 2. The summed E-state index contributed by atoms with van der Waals surface area (Å²) >= 11 is 0. The van der Waals surface area contributed by atoms with E-state index in [9.17, 15) is 4.79 Å². The van der Waals surface area contributed by atoms with Crippen LogP contribution in [0.4, 0.5) is 0 Å². The van der Waals surface area contributed by atoms with Crippen LogP contribution in [-0.4, -0.2) is 21.0 Å². The van der Waals surface area contributed by atoms with Gasteiger partial charge in [-0.25, -0.2) is 4.98 Å². The predicted molar refractivity (Wildman–Crippen MR) is 55.4 cm³/mol. The molecule has 1 aromatic carbocycles. The van der Waals surface area contributed by atoms with E-state index >= 15 is 0 Å². The number of carboxylic acids is 1. The lowest BCUT2D eigenvalue weighted by Crippen LogP contribution is -1.99. The highest BCUT2D eigenvalue weighted by Gasteiger charge is 2.02. The van der Waals surface area contributed by atoms with Crippen molar-refractivity contribution in [3.63, 3.8) is 0 Å². The van der Waals surface area contributed by atoms with Crippen LogP contribution in [0.2, 0.25) is 0 Å². The Hall–Kier alpha value is -2.10. The summed E-state index contributed by atoms with van der Waals surface area (Å²) in [7, 11) is 0. The maximum atomic E-state index is 10.5. The van der Waals surface area contributed by atoms with Crippen molar-refractivity contribution in [1.29, 1.82) is 0 Å². The molecule has 4 heteroatoms. The molecule has 0 atom stereocenters. The molecular formula is C11H10N2O2. The highest BCUT2D eigenvalue weighted by molar-refractivity contribution is 5.70. The molecule has 0 aliphatic rings. The number of carbonyl (C=O) groups is 1. The quantitative estimate of drug-likeness (QED) is 0.796. The zero-order chi connectivity index (χ0) is 10.7. The van der Waals surface area contributed by atoms with E-state index in [2.05, 4.69) is 9.97 Å². The highest BCUT2D eigenvalue weighted by atomic mass is 16.4. The number of rotatable bonds is 3. The molecule has 0 aliphatic carbocycles. The average molecular weight is 202 g/mol. The minimum atomic E-state index is -0.819. The fraction of sp³-hybridized carbons (Fsp3) is 0.0909. The molecule has 1 aromatic heterocycles. The molecule has 2 N–H and O–H groups in total. The van der Waals surface area contributed by atoms with Gasteiger partial charge >= 0.3 is 5.97 Å². The van der Waals surface area contributed by atoms with E-state index in [0.717, 1.165) is 17.0 Å². The number of aromatic amines is 1. The van der Waals surface area contributed by atoms with Gasteiger partial charge in [0.15, 0.2) is 0 Å². The second-order valence-electron chi connectivity index (χ2n) is 3.21. The van der Waals surface area contributed by atoms with Gasteiger partial charge in [0.05, 0.1) is 6.42 Å². The second-order valence-corrected chi connectivity index (χ2v) is 3.21. The van der Waals surface area contributed by atoms with Gasteiger partial charge in [0.25, 0.3) is 0 Å². The maximum absolute atomic E-state index is 10.5. The van der Waals surface area contributed by atoms with Crippen molar-refractivity contribution in [3.8, 4) is 11.4 Å². The lowest BCUT2D eigenvalue weighted by molar-refractivity contribution is -0.136. The molecule has 0 amide bonds. The summed E-state index contributed by atoms with van der Waals surface area (Å²) in [5.74, 6) is -0.0300. The van der Waals surface area contributed by atoms with Gasteiger partial charge < -0.3 is 10.1 Å². The number of hydrogen-bond acceptors (Lipinski definition) is 2. The molecular weight excluding hydrogens is 192 g/mol. The van der Waals surface area contributed by atoms with Crippen LogP contribution < -0.4 is 0 Å². The maximum Gasteiger partial charge on any atom is 0.307 e. The van der Waals surface area contributed by atoms with Crippen LogP contribution in [0.15, 0.2) is 36.7 Å². The summed E-state index contributed by atoms with van der Waals surface area (Å²) in [6.45, 7) is 0. The number of nitrogens with zero attached hydrogens (tertiary/aromatic N) is 1. The van der Waals surface area contributed by atoms with Gasteiger partial charge in [-0.1, -0.05) is 24.3 Å². The van der Waals surface area contributed by atoms with E-state index in [-0.39, 0.29) is 6.42 Å². The molecule has 0 aliphatic heterocycles. The van der Waals surface area contributed by atoms with Crippen LogP contribution in [0.25, 0.3) is 11.4 Å². The standard InChI is InChI=1S/C11H10N2O2/c14-10(15)7-8-1-3-9(4-2-8)11-12-5-6-13-11/h1-6H,7H2,(H,12,13)(H,14,15). The predicted octanol–water partition coefficient (Wildman–Crippen LogP) is 1.70. The fourth-order valence-corrected chi connectivity index (χ4v) is 1.38. The van der Waals surface area contributed by atoms with E-state index in [4.69, 9.17) is 5.11 Å². The first kappa shape index (κ1) is 9.45. The molecule has 15 heavy (non-hydrogen) atoms. The van der Waals surface area contributed by atoms with Crippen molar-refractivity contribution < 1.29 is 9.90 Å². The molecule has 1 heterocycles. The largest absolute Gasteiger partial charge is 0.481 e. The summed E-state index contributed by atoms with van der Waals surface area (Å²) in [5.41, 5.74) is 1.74. The molecule has 0 saturated carbocycles. The normalized spacial score (nSPS) is 10.1. The van der Waals surface area contributed by atoms with Crippen molar-refractivity contribution >= 4 is 5.97 Å². The summed E-state index contributed by atoms with van der Waals surface area (Å²) < 4.78 is 0. The minimum Gasteiger partial charge on any atom is -0.481 e. The van der Waals surface area contributed by atoms with Crippen LogP contribution in [0.5, 0.6) is 0 Å².